The maximum absolute atomic E-state index is 10.5. The lowest BCUT2D eigenvalue weighted by molar-refractivity contribution is -0.107. The third-order valence-corrected chi connectivity index (χ3v) is 12.5. The molecule has 0 unspecified atom stereocenters. The lowest BCUT2D eigenvalue weighted by atomic mass is 10.1. The van der Waals surface area contributed by atoms with E-state index in [-0.39, 0.29) is 11.1 Å². The molecular weight excluding hydrogens is 468 g/mol. The molecule has 2 aromatic rings. The Balaban J connectivity index is 2.19. The minimum Gasteiger partial charge on any atom is -0.404 e. The van der Waals surface area contributed by atoms with Crippen LogP contribution in [0.15, 0.2) is 72.8 Å². The normalized spacial score (nSPS) is 13.2. The molecule has 2 rings (SSSR count). The van der Waals surface area contributed by atoms with Crippen LogP contribution in [-0.4, -0.2) is 20.7 Å². The van der Waals surface area contributed by atoms with E-state index in [1.165, 1.54) is 61.7 Å². The van der Waals surface area contributed by atoms with Crippen molar-refractivity contribution in [1.82, 2.24) is 0 Å². The molecular formula is C34H52O2Si. The van der Waals surface area contributed by atoms with Crippen LogP contribution in [0.5, 0.6) is 0 Å². The molecule has 0 bridgehead atoms. The number of allylic oxidation sites excluding steroid dienone is 1. The summed E-state index contributed by atoms with van der Waals surface area (Å²) in [6.45, 7) is 9.40. The Morgan fingerprint density at radius 3 is 1.81 bits per heavy atom. The largest absolute Gasteiger partial charge is 0.404 e. The topological polar surface area (TPSA) is 26.3 Å². The highest BCUT2D eigenvalue weighted by molar-refractivity contribution is 6.99. The molecule has 3 heteroatoms. The van der Waals surface area contributed by atoms with Gasteiger partial charge < -0.3 is 9.22 Å². The fraction of sp³-hybridized carbons (Fsp3) is 0.559. The van der Waals surface area contributed by atoms with E-state index in [1.807, 2.05) is 0 Å². The molecule has 37 heavy (non-hydrogen) atoms. The first-order valence-electron chi connectivity index (χ1n) is 14.8. The number of hydrogen-bond donors (Lipinski definition) is 0. The molecule has 0 aromatic heterocycles. The Morgan fingerprint density at radius 2 is 1.27 bits per heavy atom. The molecule has 0 radical (unpaired) electrons. The van der Waals surface area contributed by atoms with Gasteiger partial charge in [0.05, 0.1) is 0 Å². The third kappa shape index (κ3) is 10.4. The first-order chi connectivity index (χ1) is 18.0. The summed E-state index contributed by atoms with van der Waals surface area (Å²) in [4.78, 5) is 10.5. The van der Waals surface area contributed by atoms with E-state index in [2.05, 4.69) is 101 Å². The van der Waals surface area contributed by atoms with Crippen molar-refractivity contribution in [2.24, 2.45) is 0 Å². The zero-order chi connectivity index (χ0) is 26.8. The van der Waals surface area contributed by atoms with Crippen molar-refractivity contribution in [3.63, 3.8) is 0 Å². The van der Waals surface area contributed by atoms with E-state index in [0.717, 1.165) is 32.0 Å². The van der Waals surface area contributed by atoms with E-state index in [1.54, 1.807) is 0 Å². The molecule has 1 atom stereocenters. The van der Waals surface area contributed by atoms with Crippen molar-refractivity contribution < 1.29 is 9.22 Å². The van der Waals surface area contributed by atoms with Gasteiger partial charge in [0.15, 0.2) is 0 Å². The summed E-state index contributed by atoms with van der Waals surface area (Å²) in [7, 11) is -2.54. The highest BCUT2D eigenvalue weighted by Crippen LogP contribution is 2.38. The molecule has 0 heterocycles. The van der Waals surface area contributed by atoms with Crippen LogP contribution < -0.4 is 10.4 Å². The molecule has 0 aliphatic heterocycles. The minimum atomic E-state index is -2.54. The highest BCUT2D eigenvalue weighted by atomic mass is 28.4. The van der Waals surface area contributed by atoms with Gasteiger partial charge in [0.1, 0.15) is 6.29 Å². The van der Waals surface area contributed by atoms with Crippen LogP contribution >= 0.6 is 0 Å². The molecule has 0 fully saturated rings. The third-order valence-electron chi connectivity index (χ3n) is 7.40. The van der Waals surface area contributed by atoms with E-state index in [9.17, 15) is 4.79 Å². The van der Waals surface area contributed by atoms with E-state index >= 15 is 0 Å². The molecule has 0 aliphatic carbocycles. The molecule has 2 aromatic carbocycles. The van der Waals surface area contributed by atoms with Gasteiger partial charge in [0.2, 0.25) is 0 Å². The number of hydrogen-bond acceptors (Lipinski definition) is 2. The quantitative estimate of drug-likeness (QED) is 0.0800. The van der Waals surface area contributed by atoms with Crippen molar-refractivity contribution in [2.45, 2.75) is 122 Å². The van der Waals surface area contributed by atoms with Crippen LogP contribution in [0.25, 0.3) is 0 Å². The van der Waals surface area contributed by atoms with Gasteiger partial charge in [0, 0.05) is 12.5 Å². The molecule has 0 aliphatic rings. The maximum Gasteiger partial charge on any atom is 0.261 e. The number of carbonyl (C=O) groups excluding carboxylic acids is 1. The summed E-state index contributed by atoms with van der Waals surface area (Å²) in [6.07, 6.45) is 21.0. The highest BCUT2D eigenvalue weighted by Gasteiger charge is 2.51. The van der Waals surface area contributed by atoms with Gasteiger partial charge in [-0.1, -0.05) is 145 Å². The Bertz CT molecular complexity index is 830. The lowest BCUT2D eigenvalue weighted by Gasteiger charge is -2.45. The predicted molar refractivity (Wildman–Crippen MR) is 163 cm³/mol. The van der Waals surface area contributed by atoms with Crippen molar-refractivity contribution in [2.75, 3.05) is 0 Å². The second-order valence-corrected chi connectivity index (χ2v) is 15.7. The van der Waals surface area contributed by atoms with Crippen molar-refractivity contribution >= 4 is 25.0 Å². The second kappa shape index (κ2) is 17.5. The molecule has 0 spiro atoms. The summed E-state index contributed by atoms with van der Waals surface area (Å²) >= 11 is 0. The summed E-state index contributed by atoms with van der Waals surface area (Å²) < 4.78 is 7.50. The van der Waals surface area contributed by atoms with E-state index in [0.29, 0.717) is 6.42 Å². The van der Waals surface area contributed by atoms with Crippen molar-refractivity contribution in [1.29, 1.82) is 0 Å². The molecule has 2 nitrogen and oxygen atoms in total. The molecule has 0 amide bonds. The lowest BCUT2D eigenvalue weighted by Crippen LogP contribution is -2.67. The first kappa shape index (κ1) is 31.2. The number of carbonyl (C=O) groups is 1. The van der Waals surface area contributed by atoms with Crippen LogP contribution in [0.1, 0.15) is 111 Å². The van der Waals surface area contributed by atoms with Crippen molar-refractivity contribution in [3.8, 4) is 0 Å². The van der Waals surface area contributed by atoms with Gasteiger partial charge in [-0.3, -0.25) is 0 Å². The number of unbranched alkanes of at least 4 members (excludes halogenated alkanes) is 9. The number of rotatable bonds is 19. The van der Waals surface area contributed by atoms with Crippen LogP contribution in [0.3, 0.4) is 0 Å². The van der Waals surface area contributed by atoms with Gasteiger partial charge >= 0.3 is 0 Å². The van der Waals surface area contributed by atoms with Crippen LogP contribution in [-0.2, 0) is 9.22 Å². The van der Waals surface area contributed by atoms with Gasteiger partial charge in [-0.2, -0.15) is 0 Å². The molecule has 204 valence electrons. The standard InChI is InChI=1S/C34H52O2Si/c1-5-6-7-17-24-31(25-18-13-11-9-8-10-12-14-23-30-35)36-37(34(2,3)4,32-26-19-15-20-27-32)33-28-21-16-22-29-33/h13,15-16,18-22,26-31H,5-12,14,17,23-25H2,1-4H3/b18-13-/t31-/m1/s1. The van der Waals surface area contributed by atoms with Gasteiger partial charge in [0.25, 0.3) is 8.32 Å². The average Bonchev–Trinajstić information content (AvgIpc) is 2.90. The summed E-state index contributed by atoms with van der Waals surface area (Å²) in [5, 5.41) is 2.74. The predicted octanol–water partition coefficient (Wildman–Crippen LogP) is 8.78. The first-order valence-corrected chi connectivity index (χ1v) is 16.7. The fourth-order valence-electron chi connectivity index (χ4n) is 5.35. The van der Waals surface area contributed by atoms with Gasteiger partial charge in [-0.05, 0) is 47.5 Å². The fourth-order valence-corrected chi connectivity index (χ4v) is 10.1. The Morgan fingerprint density at radius 1 is 0.730 bits per heavy atom. The molecule has 0 saturated carbocycles. The Hall–Kier alpha value is -1.97. The van der Waals surface area contributed by atoms with E-state index < -0.39 is 8.32 Å². The van der Waals surface area contributed by atoms with Gasteiger partial charge in [-0.15, -0.1) is 0 Å². The summed E-state index contributed by atoms with van der Waals surface area (Å²) in [5.41, 5.74) is 0. The van der Waals surface area contributed by atoms with Gasteiger partial charge in [-0.25, -0.2) is 0 Å². The minimum absolute atomic E-state index is 0.00490. The summed E-state index contributed by atoms with van der Waals surface area (Å²) in [6, 6.07) is 22.1. The van der Waals surface area contributed by atoms with Crippen LogP contribution in [0.4, 0.5) is 0 Å². The smallest absolute Gasteiger partial charge is 0.261 e. The van der Waals surface area contributed by atoms with Crippen LogP contribution in [0, 0.1) is 0 Å². The number of benzene rings is 2. The summed E-state index contributed by atoms with van der Waals surface area (Å²) in [5.74, 6) is 0. The zero-order valence-corrected chi connectivity index (χ0v) is 25.1. The second-order valence-electron chi connectivity index (χ2n) is 11.5. The van der Waals surface area contributed by atoms with E-state index in [4.69, 9.17) is 4.43 Å². The zero-order valence-electron chi connectivity index (χ0n) is 24.1. The maximum atomic E-state index is 10.5. The monoisotopic (exact) mass is 520 g/mol. The number of aldehydes is 1. The van der Waals surface area contributed by atoms with Crippen LogP contribution in [0.2, 0.25) is 5.04 Å². The average molecular weight is 521 g/mol. The Labute approximate surface area is 229 Å². The SMILES string of the molecule is CCCCCC[C@H](C/C=C\CCCCCCCC=O)O[Si](c1ccccc1)(c1ccccc1)C(C)(C)C. The van der Waals surface area contributed by atoms with Crippen molar-refractivity contribution in [3.05, 3.63) is 72.8 Å². The Kier molecular flexibility index (Phi) is 14.8. The molecule has 0 saturated heterocycles. The molecule has 0 N–H and O–H groups in total.